The fourth-order valence-electron chi connectivity index (χ4n) is 1.38. The third kappa shape index (κ3) is 3.27. The van der Waals surface area contributed by atoms with E-state index in [1.54, 1.807) is 23.0 Å². The largest absolute Gasteiger partial charge is 0.489 e. The number of rotatable bonds is 5. The summed E-state index contributed by atoms with van der Waals surface area (Å²) >= 11 is 3.26. The molecule has 0 amide bonds. The molecular formula is C11H12BrFN4O. The van der Waals surface area contributed by atoms with Gasteiger partial charge in [0.15, 0.2) is 11.6 Å². The highest BCUT2D eigenvalue weighted by atomic mass is 79.9. The maximum absolute atomic E-state index is 13.4. The summed E-state index contributed by atoms with van der Waals surface area (Å²) in [6.07, 6.45) is 1.74. The molecule has 0 spiro atoms. The monoisotopic (exact) mass is 314 g/mol. The molecule has 0 aliphatic rings. The summed E-state index contributed by atoms with van der Waals surface area (Å²) < 4.78 is 21.1. The highest BCUT2D eigenvalue weighted by Crippen LogP contribution is 2.22. The minimum atomic E-state index is -0.389. The molecule has 0 atom stereocenters. The Morgan fingerprint density at radius 2 is 2.28 bits per heavy atom. The van der Waals surface area contributed by atoms with Crippen LogP contribution in [0.15, 0.2) is 28.9 Å². The number of halogens is 2. The van der Waals surface area contributed by atoms with E-state index in [2.05, 4.69) is 26.2 Å². The fraction of sp³-hybridized carbons (Fsp3) is 0.273. The first-order valence-electron chi connectivity index (χ1n) is 5.36. The van der Waals surface area contributed by atoms with Crippen molar-refractivity contribution in [2.75, 3.05) is 6.61 Å². The lowest BCUT2D eigenvalue weighted by molar-refractivity contribution is 0.276. The molecular weight excluding hydrogens is 303 g/mol. The van der Waals surface area contributed by atoms with Crippen molar-refractivity contribution in [3.63, 3.8) is 0 Å². The highest BCUT2D eigenvalue weighted by Gasteiger charge is 2.04. The molecule has 0 saturated carbocycles. The van der Waals surface area contributed by atoms with Crippen molar-refractivity contribution in [1.82, 2.24) is 15.0 Å². The summed E-state index contributed by atoms with van der Waals surface area (Å²) in [7, 11) is 0. The fourth-order valence-corrected chi connectivity index (χ4v) is 1.72. The van der Waals surface area contributed by atoms with Crippen molar-refractivity contribution in [3.8, 4) is 5.75 Å². The lowest BCUT2D eigenvalue weighted by Crippen LogP contribution is -2.09. The van der Waals surface area contributed by atoms with Crippen LogP contribution in [0.3, 0.4) is 0 Å². The predicted molar refractivity (Wildman–Crippen MR) is 67.5 cm³/mol. The first kappa shape index (κ1) is 13.0. The van der Waals surface area contributed by atoms with Crippen LogP contribution in [0, 0.1) is 5.82 Å². The average Bonchev–Trinajstić information content (AvgIpc) is 2.81. The average molecular weight is 315 g/mol. The third-order valence-electron chi connectivity index (χ3n) is 2.27. The topological polar surface area (TPSA) is 66.0 Å². The third-order valence-corrected chi connectivity index (χ3v) is 2.76. The van der Waals surface area contributed by atoms with Crippen LogP contribution in [-0.4, -0.2) is 21.6 Å². The van der Waals surface area contributed by atoms with Crippen LogP contribution in [-0.2, 0) is 13.1 Å². The van der Waals surface area contributed by atoms with Crippen molar-refractivity contribution >= 4 is 15.9 Å². The Kier molecular flexibility index (Phi) is 4.27. The molecule has 5 nitrogen and oxygen atoms in total. The summed E-state index contributed by atoms with van der Waals surface area (Å²) in [6.45, 7) is 1.14. The van der Waals surface area contributed by atoms with Crippen LogP contribution >= 0.6 is 15.9 Å². The Labute approximate surface area is 112 Å². The van der Waals surface area contributed by atoms with Gasteiger partial charge in [0.2, 0.25) is 0 Å². The van der Waals surface area contributed by atoms with Crippen molar-refractivity contribution < 1.29 is 9.13 Å². The van der Waals surface area contributed by atoms with E-state index in [1.807, 2.05) is 0 Å². The van der Waals surface area contributed by atoms with Gasteiger partial charge in [0.25, 0.3) is 0 Å². The lowest BCUT2D eigenvalue weighted by atomic mass is 10.3. The van der Waals surface area contributed by atoms with Gasteiger partial charge in [-0.15, -0.1) is 5.10 Å². The summed E-state index contributed by atoms with van der Waals surface area (Å²) in [4.78, 5) is 0. The molecule has 18 heavy (non-hydrogen) atoms. The standard InChI is InChI=1S/C11H12BrFN4O/c12-8-1-2-10(13)11(5-8)18-4-3-17-7-9(6-14)15-16-17/h1-2,5,7H,3-4,6,14H2. The van der Waals surface area contributed by atoms with Crippen LogP contribution in [0.4, 0.5) is 4.39 Å². The summed E-state index contributed by atoms with van der Waals surface area (Å²) in [5.41, 5.74) is 6.13. The quantitative estimate of drug-likeness (QED) is 0.912. The lowest BCUT2D eigenvalue weighted by Gasteiger charge is -2.07. The number of hydrogen-bond acceptors (Lipinski definition) is 4. The molecule has 0 saturated heterocycles. The Hall–Kier alpha value is -1.47. The molecule has 0 fully saturated rings. The Morgan fingerprint density at radius 1 is 1.44 bits per heavy atom. The van der Waals surface area contributed by atoms with Gasteiger partial charge in [-0.05, 0) is 18.2 Å². The number of nitrogens with two attached hydrogens (primary N) is 1. The number of benzene rings is 1. The second-order valence-electron chi connectivity index (χ2n) is 3.60. The molecule has 2 aromatic rings. The summed E-state index contributed by atoms with van der Waals surface area (Å²) in [5.74, 6) is -0.178. The van der Waals surface area contributed by atoms with Gasteiger partial charge in [0.1, 0.15) is 6.61 Å². The van der Waals surface area contributed by atoms with Gasteiger partial charge in [-0.1, -0.05) is 21.1 Å². The molecule has 0 aliphatic heterocycles. The second kappa shape index (κ2) is 5.92. The van der Waals surface area contributed by atoms with E-state index in [-0.39, 0.29) is 11.6 Å². The van der Waals surface area contributed by atoms with E-state index in [0.717, 1.165) is 4.47 Å². The maximum Gasteiger partial charge on any atom is 0.165 e. The van der Waals surface area contributed by atoms with Crippen molar-refractivity contribution in [2.24, 2.45) is 5.73 Å². The number of hydrogen-bond donors (Lipinski definition) is 1. The molecule has 1 aromatic heterocycles. The van der Waals surface area contributed by atoms with E-state index in [9.17, 15) is 4.39 Å². The maximum atomic E-state index is 13.4. The van der Waals surface area contributed by atoms with Gasteiger partial charge < -0.3 is 10.5 Å². The zero-order valence-corrected chi connectivity index (χ0v) is 11.1. The smallest absolute Gasteiger partial charge is 0.165 e. The normalized spacial score (nSPS) is 10.6. The number of nitrogens with zero attached hydrogens (tertiary/aromatic N) is 3. The molecule has 0 aliphatic carbocycles. The van der Waals surface area contributed by atoms with E-state index in [1.165, 1.54) is 6.07 Å². The molecule has 7 heteroatoms. The van der Waals surface area contributed by atoms with E-state index < -0.39 is 0 Å². The zero-order valence-electron chi connectivity index (χ0n) is 9.51. The van der Waals surface area contributed by atoms with Crippen LogP contribution in [0.2, 0.25) is 0 Å². The van der Waals surface area contributed by atoms with Crippen molar-refractivity contribution in [1.29, 1.82) is 0 Å². The van der Waals surface area contributed by atoms with Gasteiger partial charge in [-0.3, -0.25) is 0 Å². The minimum absolute atomic E-state index is 0.212. The summed E-state index contributed by atoms with van der Waals surface area (Å²) in [5, 5.41) is 7.70. The zero-order chi connectivity index (χ0) is 13.0. The van der Waals surface area contributed by atoms with Crippen LogP contribution in [0.1, 0.15) is 5.69 Å². The van der Waals surface area contributed by atoms with Gasteiger partial charge in [-0.2, -0.15) is 0 Å². The second-order valence-corrected chi connectivity index (χ2v) is 4.52. The molecule has 96 valence electrons. The molecule has 0 bridgehead atoms. The highest BCUT2D eigenvalue weighted by molar-refractivity contribution is 9.10. The van der Waals surface area contributed by atoms with Crippen LogP contribution < -0.4 is 10.5 Å². The van der Waals surface area contributed by atoms with Gasteiger partial charge >= 0.3 is 0 Å². The predicted octanol–water partition coefficient (Wildman–Crippen LogP) is 1.72. The van der Waals surface area contributed by atoms with Crippen molar-refractivity contribution in [3.05, 3.63) is 40.4 Å². The summed E-state index contributed by atoms with van der Waals surface area (Å²) in [6, 6.07) is 4.55. The van der Waals surface area contributed by atoms with Crippen LogP contribution in [0.25, 0.3) is 0 Å². The van der Waals surface area contributed by atoms with Crippen LogP contribution in [0.5, 0.6) is 5.75 Å². The first-order valence-corrected chi connectivity index (χ1v) is 6.15. The Morgan fingerprint density at radius 3 is 3.00 bits per heavy atom. The molecule has 2 rings (SSSR count). The Balaban J connectivity index is 1.90. The van der Waals surface area contributed by atoms with E-state index in [4.69, 9.17) is 10.5 Å². The molecule has 1 aromatic carbocycles. The molecule has 2 N–H and O–H groups in total. The molecule has 0 radical (unpaired) electrons. The van der Waals surface area contributed by atoms with Crippen molar-refractivity contribution in [2.45, 2.75) is 13.1 Å². The Bertz CT molecular complexity index is 532. The van der Waals surface area contributed by atoms with Gasteiger partial charge in [0, 0.05) is 17.2 Å². The van der Waals surface area contributed by atoms with E-state index in [0.29, 0.717) is 25.4 Å². The van der Waals surface area contributed by atoms with Gasteiger partial charge in [0.05, 0.1) is 12.2 Å². The molecule has 1 heterocycles. The van der Waals surface area contributed by atoms with Gasteiger partial charge in [-0.25, -0.2) is 9.07 Å². The van der Waals surface area contributed by atoms with E-state index >= 15 is 0 Å². The first-order chi connectivity index (χ1) is 8.69. The molecule has 0 unspecified atom stereocenters. The number of aromatic nitrogens is 3. The minimum Gasteiger partial charge on any atom is -0.489 e. The SMILES string of the molecule is NCc1cn(CCOc2cc(Br)ccc2F)nn1. The number of ether oxygens (including phenoxy) is 1.